The van der Waals surface area contributed by atoms with Crippen LogP contribution in [0.15, 0.2) is 52.9 Å². The zero-order chi connectivity index (χ0) is 20.6. The summed E-state index contributed by atoms with van der Waals surface area (Å²) in [5.74, 6) is -1.21. The highest BCUT2D eigenvalue weighted by atomic mass is 19.4. The zero-order valence-corrected chi connectivity index (χ0v) is 15.3. The Labute approximate surface area is 155 Å². The number of hydrogen-bond acceptors (Lipinski definition) is 4. The van der Waals surface area contributed by atoms with Crippen molar-refractivity contribution in [2.75, 3.05) is 6.54 Å². The highest BCUT2D eigenvalue weighted by molar-refractivity contribution is 6.12. The minimum atomic E-state index is -4.86. The van der Waals surface area contributed by atoms with Crippen LogP contribution in [-0.4, -0.2) is 42.0 Å². The molecule has 27 heavy (non-hydrogen) atoms. The smallest absolute Gasteiger partial charge is 0.406 e. The molecule has 0 saturated carbocycles. The Morgan fingerprint density at radius 3 is 2.59 bits per heavy atom. The van der Waals surface area contributed by atoms with Gasteiger partial charge in [0, 0.05) is 12.8 Å². The van der Waals surface area contributed by atoms with E-state index in [0.717, 1.165) is 11.0 Å². The first-order valence-electron chi connectivity index (χ1n) is 8.24. The van der Waals surface area contributed by atoms with Crippen molar-refractivity contribution in [3.63, 3.8) is 0 Å². The van der Waals surface area contributed by atoms with Gasteiger partial charge in [-0.15, -0.1) is 13.2 Å². The predicted octanol–water partition coefficient (Wildman–Crippen LogP) is 3.84. The lowest BCUT2D eigenvalue weighted by atomic mass is 10.1. The third kappa shape index (κ3) is 7.12. The molecule has 1 rings (SSSR count). The third-order valence-electron chi connectivity index (χ3n) is 3.41. The van der Waals surface area contributed by atoms with E-state index in [4.69, 9.17) is 0 Å². The molecule has 1 heterocycles. The molecule has 9 heteroatoms. The number of halogens is 3. The number of alkyl halides is 3. The average Bonchev–Trinajstić information content (AvgIpc) is 2.81. The first-order valence-corrected chi connectivity index (χ1v) is 8.24. The van der Waals surface area contributed by atoms with Gasteiger partial charge in [0.2, 0.25) is 0 Å². The van der Waals surface area contributed by atoms with Gasteiger partial charge in [0.1, 0.15) is 11.5 Å². The highest BCUT2D eigenvalue weighted by Gasteiger charge is 2.37. The van der Waals surface area contributed by atoms with E-state index in [1.807, 2.05) is 6.92 Å². The maximum Gasteiger partial charge on any atom is 0.573 e. The number of aliphatic imine (C=N–C) groups is 1. The third-order valence-corrected chi connectivity index (χ3v) is 3.41. The normalized spacial score (nSPS) is 18.7. The number of carbonyl (C=O) groups excluding carboxylic acids is 2. The van der Waals surface area contributed by atoms with Crippen LogP contribution in [0.1, 0.15) is 27.2 Å². The van der Waals surface area contributed by atoms with E-state index in [-0.39, 0.29) is 5.70 Å². The monoisotopic (exact) mass is 385 g/mol. The van der Waals surface area contributed by atoms with Crippen LogP contribution in [-0.2, 0) is 9.53 Å². The molecule has 0 aromatic heterocycles. The van der Waals surface area contributed by atoms with Crippen molar-refractivity contribution in [1.82, 2.24) is 10.2 Å². The lowest BCUT2D eigenvalue weighted by Gasteiger charge is -2.20. The standard InChI is InChI=1S/C18H22F3N3O3/c1-5-14(8-7-13(4)27-18(19,20)21)24-16(25)15(23-17(24)26)11-12(3)9-10-22-6-2/h7-11,14H,4-6H2,1-3H3,(H,23,26)/b8-7-,12-9+,15-11-,22-10?. The van der Waals surface area contributed by atoms with Crippen LogP contribution in [0.3, 0.4) is 0 Å². The number of nitrogens with zero attached hydrogens (tertiary/aromatic N) is 2. The maximum atomic E-state index is 12.5. The number of hydrogen-bond donors (Lipinski definition) is 1. The molecule has 0 radical (unpaired) electrons. The van der Waals surface area contributed by atoms with E-state index in [2.05, 4.69) is 21.6 Å². The fraction of sp³-hybridized carbons (Fsp3) is 0.389. The van der Waals surface area contributed by atoms with Crippen LogP contribution >= 0.6 is 0 Å². The van der Waals surface area contributed by atoms with Crippen molar-refractivity contribution >= 4 is 18.2 Å². The van der Waals surface area contributed by atoms with Crippen molar-refractivity contribution in [2.45, 2.75) is 39.6 Å². The fourth-order valence-electron chi connectivity index (χ4n) is 2.21. The van der Waals surface area contributed by atoms with E-state index < -0.39 is 30.1 Å². The SMILES string of the molecule is C=C(/C=C\C(CC)N1C(=O)N/C(=C\C(C)=C\C=NCC)C1=O)OC(F)(F)F. The number of amides is 3. The largest absolute Gasteiger partial charge is 0.573 e. The molecule has 1 atom stereocenters. The molecule has 0 bridgehead atoms. The first-order chi connectivity index (χ1) is 12.6. The number of carbonyl (C=O) groups is 2. The second-order valence-corrected chi connectivity index (χ2v) is 5.57. The minimum absolute atomic E-state index is 0.0795. The number of ether oxygens (including phenoxy) is 1. The molecule has 6 nitrogen and oxygen atoms in total. The molecular weight excluding hydrogens is 363 g/mol. The minimum Gasteiger partial charge on any atom is -0.406 e. The molecule has 1 fully saturated rings. The summed E-state index contributed by atoms with van der Waals surface area (Å²) in [4.78, 5) is 29.6. The van der Waals surface area contributed by atoms with E-state index >= 15 is 0 Å². The highest BCUT2D eigenvalue weighted by Crippen LogP contribution is 2.22. The fourth-order valence-corrected chi connectivity index (χ4v) is 2.21. The molecule has 148 valence electrons. The van der Waals surface area contributed by atoms with Crippen molar-refractivity contribution in [3.8, 4) is 0 Å². The molecule has 1 unspecified atom stereocenters. The first kappa shape index (κ1) is 22.2. The lowest BCUT2D eigenvalue weighted by Crippen LogP contribution is -2.39. The molecule has 0 aromatic rings. The van der Waals surface area contributed by atoms with Crippen LogP contribution in [0.2, 0.25) is 0 Å². The molecule has 1 aliphatic heterocycles. The molecular formula is C18H22F3N3O3. The van der Waals surface area contributed by atoms with E-state index in [1.54, 1.807) is 26.1 Å². The van der Waals surface area contributed by atoms with Gasteiger partial charge in [0.05, 0.1) is 6.04 Å². The van der Waals surface area contributed by atoms with Crippen LogP contribution in [0.4, 0.5) is 18.0 Å². The maximum absolute atomic E-state index is 12.5. The van der Waals surface area contributed by atoms with Gasteiger partial charge in [-0.3, -0.25) is 14.7 Å². The predicted molar refractivity (Wildman–Crippen MR) is 95.7 cm³/mol. The summed E-state index contributed by atoms with van der Waals surface area (Å²) in [6, 6.07) is -1.40. The van der Waals surface area contributed by atoms with Gasteiger partial charge in [0.25, 0.3) is 5.91 Å². The summed E-state index contributed by atoms with van der Waals surface area (Å²) >= 11 is 0. The van der Waals surface area contributed by atoms with Gasteiger partial charge < -0.3 is 10.1 Å². The molecule has 1 aliphatic rings. The molecule has 0 aromatic carbocycles. The summed E-state index contributed by atoms with van der Waals surface area (Å²) in [6.45, 7) is 9.07. The molecule has 0 aliphatic carbocycles. The van der Waals surface area contributed by atoms with Crippen molar-refractivity contribution < 1.29 is 27.5 Å². The van der Waals surface area contributed by atoms with E-state index in [9.17, 15) is 22.8 Å². The number of rotatable bonds is 8. The summed E-state index contributed by atoms with van der Waals surface area (Å²) in [7, 11) is 0. The topological polar surface area (TPSA) is 71.0 Å². The van der Waals surface area contributed by atoms with E-state index in [1.165, 1.54) is 12.2 Å². The summed E-state index contributed by atoms with van der Waals surface area (Å²) in [6.07, 6.45) is 2.49. The average molecular weight is 385 g/mol. The Balaban J connectivity index is 2.93. The van der Waals surface area contributed by atoms with Crippen molar-refractivity contribution in [2.24, 2.45) is 4.99 Å². The summed E-state index contributed by atoms with van der Waals surface area (Å²) < 4.78 is 40.1. The zero-order valence-electron chi connectivity index (χ0n) is 15.3. The Morgan fingerprint density at radius 2 is 2.04 bits per heavy atom. The number of nitrogens with one attached hydrogen (secondary N) is 1. The van der Waals surface area contributed by atoms with Gasteiger partial charge in [-0.05, 0) is 44.1 Å². The van der Waals surface area contributed by atoms with Crippen molar-refractivity contribution in [1.29, 1.82) is 0 Å². The number of urea groups is 1. The van der Waals surface area contributed by atoms with Gasteiger partial charge in [-0.2, -0.15) is 0 Å². The second-order valence-electron chi connectivity index (χ2n) is 5.57. The summed E-state index contributed by atoms with van der Waals surface area (Å²) in [5, 5.41) is 2.46. The molecule has 1 saturated heterocycles. The molecule has 1 N–H and O–H groups in total. The van der Waals surface area contributed by atoms with Crippen molar-refractivity contribution in [3.05, 3.63) is 47.9 Å². The lowest BCUT2D eigenvalue weighted by molar-refractivity contribution is -0.303. The molecule has 0 spiro atoms. The number of imide groups is 1. The van der Waals surface area contributed by atoms with Gasteiger partial charge in [0.15, 0.2) is 0 Å². The Bertz CT molecular complexity index is 706. The van der Waals surface area contributed by atoms with Gasteiger partial charge in [-0.1, -0.05) is 19.6 Å². The number of allylic oxidation sites excluding steroid dienone is 4. The van der Waals surface area contributed by atoms with Crippen LogP contribution in [0, 0.1) is 0 Å². The molecule has 3 amide bonds. The quantitative estimate of drug-likeness (QED) is 0.227. The van der Waals surface area contributed by atoms with Crippen LogP contribution in [0.25, 0.3) is 0 Å². The van der Waals surface area contributed by atoms with E-state index in [0.29, 0.717) is 18.5 Å². The second kappa shape index (κ2) is 9.75. The Kier molecular flexibility index (Phi) is 8.01. The van der Waals surface area contributed by atoms with Gasteiger partial charge in [-0.25, -0.2) is 4.79 Å². The van der Waals surface area contributed by atoms with Gasteiger partial charge >= 0.3 is 12.4 Å². The Morgan fingerprint density at radius 1 is 1.37 bits per heavy atom. The Hall–Kier alpha value is -2.84. The summed E-state index contributed by atoms with van der Waals surface area (Å²) in [5.41, 5.74) is 0.782. The van der Waals surface area contributed by atoms with Crippen LogP contribution < -0.4 is 5.32 Å². The van der Waals surface area contributed by atoms with Crippen LogP contribution in [0.5, 0.6) is 0 Å².